The standard InChI is InChI=1S/C40H43ClF3N9O5S.ClH/c1-5-24-14-28(53-38(59)52(37(57)39(53,3)4)29-18-30(40(42,43)44)32(19-45)46-20-29)6-8-33(24)58-13-12-50-10-11-51(23(2)21-50)22-35(55)48-27-16-25(41)15-26(17-27)47-31-7-9-34(54)49-36(31)56;/h6,8,14-18,20,23,31,47H,5,7,9-13,21-22H2,1-4H3,(H,48,55)(H,49,54,56);1H/t23-,31?;/m1./s1. The van der Waals surface area contributed by atoms with Gasteiger partial charge in [0.05, 0.1) is 24.0 Å². The van der Waals surface area contributed by atoms with Crippen molar-refractivity contribution in [2.45, 2.75) is 70.8 Å². The van der Waals surface area contributed by atoms with Crippen LogP contribution in [-0.4, -0.2) is 100 Å². The first-order valence-electron chi connectivity index (χ1n) is 19.0. The summed E-state index contributed by atoms with van der Waals surface area (Å²) in [4.78, 5) is 61.1. The number of amides is 4. The second kappa shape index (κ2) is 18.7. The number of nitrogens with one attached hydrogen (secondary N) is 3. The Morgan fingerprint density at radius 3 is 2.52 bits per heavy atom. The Morgan fingerprint density at radius 2 is 1.85 bits per heavy atom. The first kappa shape index (κ1) is 46.0. The second-order valence-electron chi connectivity index (χ2n) is 15.1. The zero-order chi connectivity index (χ0) is 42.8. The van der Waals surface area contributed by atoms with Gasteiger partial charge in [-0.05, 0) is 93.9 Å². The molecular formula is C40H44Cl2F3N9O5S. The van der Waals surface area contributed by atoms with Gasteiger partial charge in [0.15, 0.2) is 10.8 Å². The number of carbonyl (C=O) groups is 4. The summed E-state index contributed by atoms with van der Waals surface area (Å²) >= 11 is 12.0. The Bertz CT molecular complexity index is 2220. The lowest BCUT2D eigenvalue weighted by atomic mass is 10.0. The number of thiocarbonyl (C=S) groups is 1. The number of hydrogen-bond donors (Lipinski definition) is 3. The van der Waals surface area contributed by atoms with E-state index in [-0.39, 0.29) is 54.0 Å². The van der Waals surface area contributed by atoms with Gasteiger partial charge in [0.25, 0.3) is 5.91 Å². The monoisotopic (exact) mass is 889 g/mol. The van der Waals surface area contributed by atoms with E-state index in [1.54, 1.807) is 49.1 Å². The highest BCUT2D eigenvalue weighted by atomic mass is 35.5. The number of nitriles is 1. The second-order valence-corrected chi connectivity index (χ2v) is 15.9. The number of aryl methyl sites for hydroxylation is 1. The zero-order valence-corrected chi connectivity index (χ0v) is 35.6. The van der Waals surface area contributed by atoms with Crippen molar-refractivity contribution in [2.24, 2.45) is 0 Å². The van der Waals surface area contributed by atoms with E-state index < -0.39 is 40.8 Å². The molecule has 14 nitrogen and oxygen atoms in total. The molecule has 1 aromatic heterocycles. The number of piperidine rings is 1. The van der Waals surface area contributed by atoms with E-state index in [0.717, 1.165) is 16.7 Å². The summed E-state index contributed by atoms with van der Waals surface area (Å²) in [6.45, 7) is 10.5. The SMILES string of the molecule is CCc1cc(N2C(=S)N(c3cnc(C#N)c(C(F)(F)F)c3)C(=O)C2(C)C)ccc1OCCN1CCN(CC(=O)Nc2cc(Cl)cc(NC3CCC(=O)NC3=O)c2)[C@H](C)C1.Cl. The van der Waals surface area contributed by atoms with Crippen molar-refractivity contribution >= 4 is 87.7 Å². The van der Waals surface area contributed by atoms with E-state index in [2.05, 4.69) is 37.7 Å². The smallest absolute Gasteiger partial charge is 0.419 e. The third-order valence-corrected chi connectivity index (χ3v) is 11.1. The number of alkyl halides is 3. The topological polar surface area (TPSA) is 163 Å². The van der Waals surface area contributed by atoms with Gasteiger partial charge in [-0.25, -0.2) is 4.98 Å². The average molecular weight is 891 g/mol. The molecule has 3 aliphatic rings. The third kappa shape index (κ3) is 10.1. The van der Waals surface area contributed by atoms with Gasteiger partial charge < -0.3 is 20.3 Å². The number of piperazine rings is 1. The molecule has 3 saturated heterocycles. The van der Waals surface area contributed by atoms with E-state index in [1.165, 1.54) is 6.07 Å². The van der Waals surface area contributed by atoms with Crippen LogP contribution in [0.4, 0.5) is 35.9 Å². The Hall–Kier alpha value is -5.06. The molecule has 60 heavy (non-hydrogen) atoms. The molecule has 20 heteroatoms. The Labute approximate surface area is 361 Å². The summed E-state index contributed by atoms with van der Waals surface area (Å²) in [5.74, 6) is -0.837. The van der Waals surface area contributed by atoms with Crippen LogP contribution in [0, 0.1) is 11.3 Å². The van der Waals surface area contributed by atoms with E-state index in [4.69, 9.17) is 28.6 Å². The van der Waals surface area contributed by atoms with Gasteiger partial charge in [0.2, 0.25) is 17.7 Å². The van der Waals surface area contributed by atoms with Gasteiger partial charge in [-0.1, -0.05) is 18.5 Å². The molecular weight excluding hydrogens is 846 g/mol. The summed E-state index contributed by atoms with van der Waals surface area (Å²) in [6.07, 6.45) is -2.66. The molecule has 2 aromatic carbocycles. The van der Waals surface area contributed by atoms with Crippen molar-refractivity contribution in [3.05, 3.63) is 70.5 Å². The first-order chi connectivity index (χ1) is 27.9. The fourth-order valence-electron chi connectivity index (χ4n) is 7.42. The molecule has 6 rings (SSSR count). The molecule has 3 fully saturated rings. The van der Waals surface area contributed by atoms with Crippen LogP contribution in [0.15, 0.2) is 48.7 Å². The molecule has 0 radical (unpaired) electrons. The summed E-state index contributed by atoms with van der Waals surface area (Å²) in [5, 5.41) is 17.8. The molecule has 3 aliphatic heterocycles. The molecule has 3 aromatic rings. The number of benzene rings is 2. The number of ether oxygens (including phenoxy) is 1. The Morgan fingerprint density at radius 1 is 1.12 bits per heavy atom. The number of halogens is 5. The maximum Gasteiger partial charge on any atom is 0.419 e. The summed E-state index contributed by atoms with van der Waals surface area (Å²) in [6, 6.07) is 12.0. The summed E-state index contributed by atoms with van der Waals surface area (Å²) in [5.41, 5.74) is -1.08. The number of imide groups is 1. The van der Waals surface area contributed by atoms with Gasteiger partial charge in [-0.2, -0.15) is 18.4 Å². The number of nitrogens with zero attached hydrogens (tertiary/aromatic N) is 6. The largest absolute Gasteiger partial charge is 0.492 e. The maximum absolute atomic E-state index is 13.7. The first-order valence-corrected chi connectivity index (χ1v) is 19.8. The quantitative estimate of drug-likeness (QED) is 0.149. The van der Waals surface area contributed by atoms with Gasteiger partial charge >= 0.3 is 6.18 Å². The molecule has 320 valence electrons. The minimum Gasteiger partial charge on any atom is -0.492 e. The number of anilines is 4. The maximum atomic E-state index is 13.7. The third-order valence-electron chi connectivity index (χ3n) is 10.5. The van der Waals surface area contributed by atoms with Crippen LogP contribution in [0.2, 0.25) is 5.02 Å². The fraction of sp³-hybridized carbons (Fsp3) is 0.425. The predicted molar refractivity (Wildman–Crippen MR) is 227 cm³/mol. The number of carbonyl (C=O) groups excluding carboxylic acids is 4. The minimum absolute atomic E-state index is 0. The van der Waals surface area contributed by atoms with Crippen LogP contribution in [-0.2, 0) is 31.8 Å². The van der Waals surface area contributed by atoms with E-state index >= 15 is 0 Å². The van der Waals surface area contributed by atoms with Crippen LogP contribution in [0.1, 0.15) is 57.4 Å². The van der Waals surface area contributed by atoms with Crippen LogP contribution >= 0.6 is 36.2 Å². The lowest BCUT2D eigenvalue weighted by molar-refractivity contribution is -0.138. The lowest BCUT2D eigenvalue weighted by Crippen LogP contribution is -2.54. The highest BCUT2D eigenvalue weighted by Gasteiger charge is 2.51. The molecule has 0 bridgehead atoms. The van der Waals surface area contributed by atoms with Gasteiger partial charge in [0.1, 0.15) is 30.0 Å². The molecule has 3 N–H and O–H groups in total. The van der Waals surface area contributed by atoms with Crippen LogP contribution in [0.5, 0.6) is 5.75 Å². The molecule has 0 saturated carbocycles. The van der Waals surface area contributed by atoms with Gasteiger partial charge in [-0.15, -0.1) is 12.4 Å². The van der Waals surface area contributed by atoms with Crippen LogP contribution in [0.3, 0.4) is 0 Å². The van der Waals surface area contributed by atoms with Crippen LogP contribution in [0.25, 0.3) is 0 Å². The zero-order valence-electron chi connectivity index (χ0n) is 33.2. The Balaban J connectivity index is 0.00000683. The highest BCUT2D eigenvalue weighted by Crippen LogP contribution is 2.40. The number of aromatic nitrogens is 1. The summed E-state index contributed by atoms with van der Waals surface area (Å²) in [7, 11) is 0. The predicted octanol–water partition coefficient (Wildman–Crippen LogP) is 5.77. The minimum atomic E-state index is -4.86. The molecule has 2 atom stereocenters. The average Bonchev–Trinajstić information content (AvgIpc) is 3.34. The number of hydrogen-bond acceptors (Lipinski definition) is 11. The van der Waals surface area contributed by atoms with Crippen molar-refractivity contribution in [3.63, 3.8) is 0 Å². The normalized spacial score (nSPS) is 19.7. The number of rotatable bonds is 12. The molecule has 0 aliphatic carbocycles. The molecule has 4 amide bonds. The lowest BCUT2D eigenvalue weighted by Gasteiger charge is -2.39. The summed E-state index contributed by atoms with van der Waals surface area (Å²) < 4.78 is 47.4. The van der Waals surface area contributed by atoms with Crippen molar-refractivity contribution < 1.29 is 37.1 Å². The van der Waals surface area contributed by atoms with Gasteiger partial charge in [-0.3, -0.25) is 39.2 Å². The molecule has 4 heterocycles. The van der Waals surface area contributed by atoms with Crippen LogP contribution < -0.4 is 30.5 Å². The van der Waals surface area contributed by atoms with Crippen molar-refractivity contribution in [1.29, 1.82) is 5.26 Å². The molecule has 1 unspecified atom stereocenters. The molecule has 0 spiro atoms. The highest BCUT2D eigenvalue weighted by molar-refractivity contribution is 7.81. The van der Waals surface area contributed by atoms with Crippen molar-refractivity contribution in [2.75, 3.05) is 59.8 Å². The Kier molecular flexibility index (Phi) is 14.3. The van der Waals surface area contributed by atoms with Crippen molar-refractivity contribution in [1.82, 2.24) is 20.1 Å². The van der Waals surface area contributed by atoms with E-state index in [9.17, 15) is 37.6 Å². The van der Waals surface area contributed by atoms with E-state index in [0.29, 0.717) is 79.5 Å². The number of pyridine rings is 1. The fourth-order valence-corrected chi connectivity index (χ4v) is 8.17. The van der Waals surface area contributed by atoms with Gasteiger partial charge in [0, 0.05) is 60.7 Å². The van der Waals surface area contributed by atoms with Crippen molar-refractivity contribution in [3.8, 4) is 11.8 Å². The van der Waals surface area contributed by atoms with E-state index in [1.807, 2.05) is 13.0 Å².